The first-order valence-corrected chi connectivity index (χ1v) is 6.66. The van der Waals surface area contributed by atoms with Gasteiger partial charge in [-0.25, -0.2) is 0 Å². The Hall–Kier alpha value is -2.20. The predicted molar refractivity (Wildman–Crippen MR) is 76.3 cm³/mol. The highest BCUT2D eigenvalue weighted by molar-refractivity contribution is 5.46. The highest BCUT2D eigenvalue weighted by atomic mass is 16.6. The van der Waals surface area contributed by atoms with Crippen LogP contribution in [-0.4, -0.2) is 19.8 Å². The number of ether oxygens (including phenoxy) is 3. The molecule has 4 nitrogen and oxygen atoms in total. The van der Waals surface area contributed by atoms with Crippen molar-refractivity contribution in [3.63, 3.8) is 0 Å². The Labute approximate surface area is 118 Å². The molecule has 2 aromatic rings. The van der Waals surface area contributed by atoms with E-state index in [1.807, 2.05) is 48.5 Å². The fourth-order valence-corrected chi connectivity index (χ4v) is 2.10. The van der Waals surface area contributed by atoms with Gasteiger partial charge in [0.05, 0.1) is 6.04 Å². The maximum Gasteiger partial charge on any atom is 0.165 e. The molecular weight excluding hydrogens is 254 g/mol. The van der Waals surface area contributed by atoms with Crippen LogP contribution >= 0.6 is 0 Å². The van der Waals surface area contributed by atoms with Crippen molar-refractivity contribution in [3.8, 4) is 17.2 Å². The second-order valence-corrected chi connectivity index (χ2v) is 4.63. The lowest BCUT2D eigenvalue weighted by molar-refractivity contribution is 0.170. The van der Waals surface area contributed by atoms with Gasteiger partial charge in [-0.15, -0.1) is 0 Å². The van der Waals surface area contributed by atoms with E-state index in [9.17, 15) is 0 Å². The van der Waals surface area contributed by atoms with Crippen LogP contribution < -0.4 is 19.9 Å². The van der Waals surface area contributed by atoms with Crippen LogP contribution in [0.5, 0.6) is 17.2 Å². The second-order valence-electron chi connectivity index (χ2n) is 4.63. The summed E-state index contributed by atoms with van der Waals surface area (Å²) in [7, 11) is 0. The molecule has 1 unspecified atom stereocenters. The average molecular weight is 271 g/mol. The van der Waals surface area contributed by atoms with Gasteiger partial charge in [0, 0.05) is 6.07 Å². The van der Waals surface area contributed by atoms with E-state index in [4.69, 9.17) is 19.9 Å². The number of hydrogen-bond acceptors (Lipinski definition) is 4. The highest BCUT2D eigenvalue weighted by Crippen LogP contribution is 2.33. The molecule has 0 spiro atoms. The van der Waals surface area contributed by atoms with Crippen molar-refractivity contribution in [1.29, 1.82) is 0 Å². The van der Waals surface area contributed by atoms with E-state index in [1.54, 1.807) is 0 Å². The Morgan fingerprint density at radius 2 is 1.75 bits per heavy atom. The Balaban J connectivity index is 1.64. The summed E-state index contributed by atoms with van der Waals surface area (Å²) in [5.41, 5.74) is 7.16. The van der Waals surface area contributed by atoms with E-state index in [1.165, 1.54) is 0 Å². The molecule has 0 saturated carbocycles. The van der Waals surface area contributed by atoms with Crippen molar-refractivity contribution in [3.05, 3.63) is 54.1 Å². The Morgan fingerprint density at radius 1 is 1.00 bits per heavy atom. The minimum Gasteiger partial charge on any atom is -0.491 e. The molecule has 104 valence electrons. The first kappa shape index (κ1) is 12.8. The lowest BCUT2D eigenvalue weighted by Gasteiger charge is -2.19. The van der Waals surface area contributed by atoms with E-state index >= 15 is 0 Å². The molecule has 4 heteroatoms. The van der Waals surface area contributed by atoms with Crippen molar-refractivity contribution in [1.82, 2.24) is 0 Å². The zero-order chi connectivity index (χ0) is 13.8. The van der Waals surface area contributed by atoms with Crippen LogP contribution in [0.1, 0.15) is 11.6 Å². The third-order valence-electron chi connectivity index (χ3n) is 3.17. The van der Waals surface area contributed by atoms with Gasteiger partial charge in [-0.3, -0.25) is 0 Å². The number of hydrogen-bond donors (Lipinski definition) is 1. The largest absolute Gasteiger partial charge is 0.491 e. The summed E-state index contributed by atoms with van der Waals surface area (Å²) in [6, 6.07) is 15.3. The van der Waals surface area contributed by atoms with Crippen LogP contribution in [0.15, 0.2) is 48.5 Å². The van der Waals surface area contributed by atoms with E-state index in [0.29, 0.717) is 19.8 Å². The molecule has 0 amide bonds. The lowest BCUT2D eigenvalue weighted by atomic mass is 10.1. The summed E-state index contributed by atoms with van der Waals surface area (Å²) in [6.45, 7) is 1.58. The Bertz CT molecular complexity index is 571. The fraction of sp³-hybridized carbons (Fsp3) is 0.250. The van der Waals surface area contributed by atoms with Gasteiger partial charge in [0.1, 0.15) is 25.6 Å². The molecule has 20 heavy (non-hydrogen) atoms. The smallest absolute Gasteiger partial charge is 0.165 e. The normalized spacial score (nSPS) is 14.7. The van der Waals surface area contributed by atoms with E-state index in [2.05, 4.69) is 0 Å². The zero-order valence-electron chi connectivity index (χ0n) is 11.1. The lowest BCUT2D eigenvalue weighted by Crippen LogP contribution is -2.19. The van der Waals surface area contributed by atoms with Crippen LogP contribution in [0.25, 0.3) is 0 Å². The molecule has 2 aromatic carbocycles. The first-order valence-electron chi connectivity index (χ1n) is 6.66. The number of fused-ring (bicyclic) bond motifs is 1. The fourth-order valence-electron chi connectivity index (χ4n) is 2.10. The summed E-state index contributed by atoms with van der Waals surface area (Å²) in [5.74, 6) is 2.22. The molecule has 3 rings (SSSR count). The molecule has 0 radical (unpaired) electrons. The predicted octanol–water partition coefficient (Wildman–Crippen LogP) is 2.54. The van der Waals surface area contributed by atoms with Gasteiger partial charge in [-0.05, 0) is 17.7 Å². The Morgan fingerprint density at radius 3 is 2.55 bits per heavy atom. The molecule has 1 atom stereocenters. The molecule has 1 heterocycles. The van der Waals surface area contributed by atoms with Gasteiger partial charge in [-0.1, -0.05) is 30.3 Å². The van der Waals surface area contributed by atoms with Crippen molar-refractivity contribution in [2.75, 3.05) is 19.8 Å². The van der Waals surface area contributed by atoms with E-state index < -0.39 is 0 Å². The minimum atomic E-state index is -0.149. The van der Waals surface area contributed by atoms with Gasteiger partial charge in [0.15, 0.2) is 11.5 Å². The van der Waals surface area contributed by atoms with Gasteiger partial charge in [0.2, 0.25) is 0 Å². The average Bonchev–Trinajstić information content (AvgIpc) is 2.53. The number of benzene rings is 2. The highest BCUT2D eigenvalue weighted by Gasteiger charge is 2.13. The Kier molecular flexibility index (Phi) is 3.74. The van der Waals surface area contributed by atoms with Crippen LogP contribution in [0.4, 0.5) is 0 Å². The van der Waals surface area contributed by atoms with Crippen molar-refractivity contribution in [2.45, 2.75) is 6.04 Å². The molecule has 1 aliphatic heterocycles. The summed E-state index contributed by atoms with van der Waals surface area (Å²) >= 11 is 0. The van der Waals surface area contributed by atoms with Gasteiger partial charge in [0.25, 0.3) is 0 Å². The van der Waals surface area contributed by atoms with Crippen LogP contribution in [-0.2, 0) is 0 Å². The second kappa shape index (κ2) is 5.84. The van der Waals surface area contributed by atoms with Crippen LogP contribution in [0, 0.1) is 0 Å². The van der Waals surface area contributed by atoms with Crippen molar-refractivity contribution < 1.29 is 14.2 Å². The quantitative estimate of drug-likeness (QED) is 0.928. The zero-order valence-corrected chi connectivity index (χ0v) is 11.1. The maximum atomic E-state index is 6.10. The van der Waals surface area contributed by atoms with Crippen LogP contribution in [0.2, 0.25) is 0 Å². The number of nitrogens with two attached hydrogens (primary N) is 1. The molecular formula is C16H17NO3. The molecule has 1 aliphatic rings. The van der Waals surface area contributed by atoms with Crippen molar-refractivity contribution >= 4 is 0 Å². The standard InChI is InChI=1S/C16H17NO3/c17-14(12-4-2-1-3-5-12)11-20-13-6-7-15-16(10-13)19-9-8-18-15/h1-7,10,14H,8-9,11,17H2. The van der Waals surface area contributed by atoms with Crippen LogP contribution in [0.3, 0.4) is 0 Å². The third kappa shape index (κ3) is 2.86. The van der Waals surface area contributed by atoms with E-state index in [-0.39, 0.29) is 6.04 Å². The maximum absolute atomic E-state index is 6.10. The summed E-state index contributed by atoms with van der Waals surface area (Å²) in [6.07, 6.45) is 0. The molecule has 0 aliphatic carbocycles. The number of rotatable bonds is 4. The molecule has 0 saturated heterocycles. The summed E-state index contributed by atoms with van der Waals surface area (Å²) < 4.78 is 16.7. The summed E-state index contributed by atoms with van der Waals surface area (Å²) in [4.78, 5) is 0. The van der Waals surface area contributed by atoms with Gasteiger partial charge >= 0.3 is 0 Å². The first-order chi connectivity index (χ1) is 9.83. The molecule has 0 bridgehead atoms. The molecule has 2 N–H and O–H groups in total. The molecule has 0 aromatic heterocycles. The minimum absolute atomic E-state index is 0.149. The topological polar surface area (TPSA) is 53.7 Å². The SMILES string of the molecule is NC(COc1ccc2c(c1)OCCO2)c1ccccc1. The monoisotopic (exact) mass is 271 g/mol. The van der Waals surface area contributed by atoms with Gasteiger partial charge in [-0.2, -0.15) is 0 Å². The summed E-state index contributed by atoms with van der Waals surface area (Å²) in [5, 5.41) is 0. The van der Waals surface area contributed by atoms with E-state index in [0.717, 1.165) is 22.8 Å². The third-order valence-corrected chi connectivity index (χ3v) is 3.17. The van der Waals surface area contributed by atoms with Gasteiger partial charge < -0.3 is 19.9 Å². The van der Waals surface area contributed by atoms with Crippen molar-refractivity contribution in [2.24, 2.45) is 5.73 Å². The molecule has 0 fully saturated rings.